The maximum Gasteiger partial charge on any atom is 0.309 e. The number of hydrogen-bond donors (Lipinski definition) is 1. The Labute approximate surface area is 238 Å². The van der Waals surface area contributed by atoms with Gasteiger partial charge >= 0.3 is 5.97 Å². The topological polar surface area (TPSA) is 101 Å². The summed E-state index contributed by atoms with van der Waals surface area (Å²) in [6.07, 6.45) is 1.61. The number of nitrogens with one attached hydrogen (secondary N) is 1. The number of rotatable bonds is 8. The number of esters is 1. The van der Waals surface area contributed by atoms with E-state index in [1.807, 2.05) is 98.8 Å². The minimum absolute atomic E-state index is 0.0912. The van der Waals surface area contributed by atoms with Crippen LogP contribution in [0.4, 0.5) is 11.5 Å². The summed E-state index contributed by atoms with van der Waals surface area (Å²) in [5.41, 5.74) is 7.65. The molecule has 1 aliphatic rings. The minimum Gasteiger partial charge on any atom is -0.458 e. The fourth-order valence-corrected chi connectivity index (χ4v) is 4.67. The molecule has 6 rings (SSSR count). The molecule has 1 N–H and O–H groups in total. The average molecular weight is 541 g/mol. The molecule has 5 aromatic rings. The van der Waals surface area contributed by atoms with E-state index in [-0.39, 0.29) is 18.0 Å². The number of carbonyl (C=O) groups excluding carboxylic acids is 1. The van der Waals surface area contributed by atoms with Crippen LogP contribution in [-0.2, 0) is 9.53 Å². The number of nitriles is 1. The first-order valence-corrected chi connectivity index (χ1v) is 13.6. The molecular formula is C34H28N4O3. The van der Waals surface area contributed by atoms with Crippen molar-refractivity contribution in [2.75, 3.05) is 5.32 Å². The van der Waals surface area contributed by atoms with E-state index >= 15 is 0 Å². The monoisotopic (exact) mass is 540 g/mol. The molecule has 1 atom stereocenters. The van der Waals surface area contributed by atoms with E-state index in [9.17, 15) is 10.1 Å². The summed E-state index contributed by atoms with van der Waals surface area (Å²) in [5, 5.41) is 16.8. The number of anilines is 2. The highest BCUT2D eigenvalue weighted by Gasteiger charge is 2.32. The zero-order valence-corrected chi connectivity index (χ0v) is 22.8. The van der Waals surface area contributed by atoms with Gasteiger partial charge in [-0.1, -0.05) is 71.9 Å². The predicted molar refractivity (Wildman–Crippen MR) is 157 cm³/mol. The lowest BCUT2D eigenvalue weighted by molar-refractivity contribution is -0.150. The smallest absolute Gasteiger partial charge is 0.309 e. The summed E-state index contributed by atoms with van der Waals surface area (Å²) in [7, 11) is 0. The first-order valence-electron chi connectivity index (χ1n) is 13.6. The summed E-state index contributed by atoms with van der Waals surface area (Å²) in [5.74, 6) is 1.26. The maximum atomic E-state index is 12.0. The van der Waals surface area contributed by atoms with Gasteiger partial charge in [0.05, 0.1) is 23.2 Å². The Bertz CT molecular complexity index is 1750. The molecule has 7 nitrogen and oxygen atoms in total. The van der Waals surface area contributed by atoms with Gasteiger partial charge in [-0.05, 0) is 67.6 Å². The normalized spacial score (nSPS) is 13.3. The number of carbonyl (C=O) groups is 1. The van der Waals surface area contributed by atoms with Crippen molar-refractivity contribution in [3.63, 3.8) is 0 Å². The van der Waals surface area contributed by atoms with E-state index in [1.54, 1.807) is 6.07 Å². The maximum absolute atomic E-state index is 12.0. The van der Waals surface area contributed by atoms with E-state index in [0.29, 0.717) is 17.1 Å². The minimum atomic E-state index is -0.266. The summed E-state index contributed by atoms with van der Waals surface area (Å²) in [6, 6.07) is 31.5. The highest BCUT2D eigenvalue weighted by Crippen LogP contribution is 2.35. The van der Waals surface area contributed by atoms with Crippen LogP contribution in [0, 0.1) is 24.2 Å². The van der Waals surface area contributed by atoms with Gasteiger partial charge in [0.25, 0.3) is 0 Å². The van der Waals surface area contributed by atoms with Gasteiger partial charge in [-0.2, -0.15) is 5.26 Å². The van der Waals surface area contributed by atoms with Crippen molar-refractivity contribution in [3.05, 3.63) is 108 Å². The van der Waals surface area contributed by atoms with Gasteiger partial charge in [0.2, 0.25) is 0 Å². The molecule has 1 fully saturated rings. The van der Waals surface area contributed by atoms with Crippen LogP contribution in [0.3, 0.4) is 0 Å². The Balaban J connectivity index is 1.19. The van der Waals surface area contributed by atoms with E-state index in [0.717, 1.165) is 57.7 Å². The van der Waals surface area contributed by atoms with Crippen LogP contribution in [-0.4, -0.2) is 16.1 Å². The molecule has 202 valence electrons. The molecule has 1 aliphatic carbocycles. The van der Waals surface area contributed by atoms with Crippen molar-refractivity contribution in [2.45, 2.75) is 32.8 Å². The fraction of sp³-hybridized carbons (Fsp3) is 0.176. The number of pyridine rings is 1. The molecule has 41 heavy (non-hydrogen) atoms. The molecule has 0 aliphatic heterocycles. The molecule has 1 unspecified atom stereocenters. The quantitative estimate of drug-likeness (QED) is 0.199. The van der Waals surface area contributed by atoms with Gasteiger partial charge in [0.15, 0.2) is 5.76 Å². The second kappa shape index (κ2) is 11.1. The zero-order valence-electron chi connectivity index (χ0n) is 22.8. The Morgan fingerprint density at radius 3 is 2.34 bits per heavy atom. The second-order valence-corrected chi connectivity index (χ2v) is 10.3. The average Bonchev–Trinajstić information content (AvgIpc) is 3.81. The lowest BCUT2D eigenvalue weighted by Crippen LogP contribution is -2.10. The van der Waals surface area contributed by atoms with Gasteiger partial charge < -0.3 is 14.6 Å². The lowest BCUT2D eigenvalue weighted by Gasteiger charge is -2.14. The van der Waals surface area contributed by atoms with Crippen LogP contribution in [0.2, 0.25) is 0 Å². The van der Waals surface area contributed by atoms with Gasteiger partial charge in [-0.25, -0.2) is 4.98 Å². The number of hydrogen-bond acceptors (Lipinski definition) is 7. The van der Waals surface area contributed by atoms with Gasteiger partial charge in [0, 0.05) is 11.1 Å². The standard InChI is InChI=1S/C34H28N4O3/c1-21-32(37-31-8-4-7-30(36-31)29-6-3-5-23(19-29)20-35)33(41-38-21)27-15-13-26(14-16-27)25-11-9-24(10-12-25)22(2)40-34(39)28-17-18-28/h3-16,19,22,28H,17-18H2,1-2H3,(H,36,37). The summed E-state index contributed by atoms with van der Waals surface area (Å²) in [6.45, 7) is 3.79. The molecule has 0 bridgehead atoms. The Morgan fingerprint density at radius 2 is 1.63 bits per heavy atom. The van der Waals surface area contributed by atoms with Crippen molar-refractivity contribution in [3.8, 4) is 39.8 Å². The molecule has 0 amide bonds. The number of aromatic nitrogens is 2. The van der Waals surface area contributed by atoms with Gasteiger partial charge in [0.1, 0.15) is 23.3 Å². The number of aryl methyl sites for hydroxylation is 1. The summed E-state index contributed by atoms with van der Waals surface area (Å²) in [4.78, 5) is 16.7. The Morgan fingerprint density at radius 1 is 0.951 bits per heavy atom. The number of nitrogens with zero attached hydrogens (tertiary/aromatic N) is 3. The largest absolute Gasteiger partial charge is 0.458 e. The molecule has 0 spiro atoms. The third-order valence-corrected chi connectivity index (χ3v) is 7.22. The van der Waals surface area contributed by atoms with Gasteiger partial charge in [-0.3, -0.25) is 4.79 Å². The summed E-state index contributed by atoms with van der Waals surface area (Å²) >= 11 is 0. The third kappa shape index (κ3) is 5.73. The van der Waals surface area contributed by atoms with Crippen LogP contribution in [0.5, 0.6) is 0 Å². The van der Waals surface area contributed by atoms with Crippen molar-refractivity contribution >= 4 is 17.5 Å². The molecule has 2 aromatic heterocycles. The molecule has 1 saturated carbocycles. The first-order chi connectivity index (χ1) is 20.0. The van der Waals surface area contributed by atoms with Crippen LogP contribution < -0.4 is 5.32 Å². The highest BCUT2D eigenvalue weighted by atomic mass is 16.5. The summed E-state index contributed by atoms with van der Waals surface area (Å²) < 4.78 is 11.3. The number of ether oxygens (including phenoxy) is 1. The number of benzene rings is 3. The van der Waals surface area contributed by atoms with E-state index in [2.05, 4.69) is 16.5 Å². The molecule has 0 radical (unpaired) electrons. The van der Waals surface area contributed by atoms with Gasteiger partial charge in [-0.15, -0.1) is 0 Å². The highest BCUT2D eigenvalue weighted by molar-refractivity contribution is 5.79. The van der Waals surface area contributed by atoms with Crippen LogP contribution in [0.25, 0.3) is 33.7 Å². The SMILES string of the molecule is Cc1noc(-c2ccc(-c3ccc(C(C)OC(=O)C4CC4)cc3)cc2)c1Nc1cccc(-c2cccc(C#N)c2)n1. The fourth-order valence-electron chi connectivity index (χ4n) is 4.67. The Kier molecular flexibility index (Phi) is 7.05. The van der Waals surface area contributed by atoms with Crippen molar-refractivity contribution in [1.29, 1.82) is 5.26 Å². The molecule has 7 heteroatoms. The van der Waals surface area contributed by atoms with Crippen LogP contribution in [0.1, 0.15) is 42.7 Å². The van der Waals surface area contributed by atoms with E-state index in [1.165, 1.54) is 0 Å². The molecule has 0 saturated heterocycles. The van der Waals surface area contributed by atoms with E-state index < -0.39 is 0 Å². The molecule has 3 aromatic carbocycles. The molecule has 2 heterocycles. The predicted octanol–water partition coefficient (Wildman–Crippen LogP) is 8.01. The van der Waals surface area contributed by atoms with Crippen LogP contribution in [0.15, 0.2) is 95.5 Å². The zero-order chi connectivity index (χ0) is 28.3. The first kappa shape index (κ1) is 26.0. The van der Waals surface area contributed by atoms with Crippen LogP contribution >= 0.6 is 0 Å². The third-order valence-electron chi connectivity index (χ3n) is 7.22. The van der Waals surface area contributed by atoms with Crippen molar-refractivity contribution in [2.24, 2.45) is 5.92 Å². The molecular weight excluding hydrogens is 512 g/mol. The lowest BCUT2D eigenvalue weighted by atomic mass is 10.0. The van der Waals surface area contributed by atoms with Crippen molar-refractivity contribution in [1.82, 2.24) is 10.1 Å². The van der Waals surface area contributed by atoms with Crippen molar-refractivity contribution < 1.29 is 14.1 Å². The second-order valence-electron chi connectivity index (χ2n) is 10.3. The van der Waals surface area contributed by atoms with E-state index in [4.69, 9.17) is 14.2 Å². The Hall–Kier alpha value is -5.22.